The van der Waals surface area contributed by atoms with Gasteiger partial charge in [0.1, 0.15) is 0 Å². The van der Waals surface area contributed by atoms with Crippen molar-refractivity contribution >= 4 is 28.5 Å². The van der Waals surface area contributed by atoms with Gasteiger partial charge in [-0.15, -0.1) is 0 Å². The van der Waals surface area contributed by atoms with Crippen molar-refractivity contribution in [3.8, 4) is 0 Å². The monoisotopic (exact) mass is 277 g/mol. The fourth-order valence-corrected chi connectivity index (χ4v) is 3.39. The lowest BCUT2D eigenvalue weighted by Gasteiger charge is -2.23. The maximum absolute atomic E-state index is 11.3. The normalized spacial score (nSPS) is 16.6. The number of benzene rings is 1. The van der Waals surface area contributed by atoms with Crippen LogP contribution in [0.2, 0.25) is 0 Å². The van der Waals surface area contributed by atoms with Crippen LogP contribution < -0.4 is 16.4 Å². The number of hydrogen-bond donors (Lipinski definition) is 3. The van der Waals surface area contributed by atoms with E-state index in [0.717, 1.165) is 18.5 Å². The van der Waals surface area contributed by atoms with Crippen molar-refractivity contribution in [1.82, 2.24) is 9.97 Å². The number of aromatic amines is 2. The van der Waals surface area contributed by atoms with Crippen molar-refractivity contribution in [3.63, 3.8) is 0 Å². The molecule has 1 saturated heterocycles. The molecule has 1 aliphatic rings. The summed E-state index contributed by atoms with van der Waals surface area (Å²) < 4.78 is 0. The van der Waals surface area contributed by atoms with Crippen LogP contribution >= 0.6 is 11.8 Å². The molecule has 1 fully saturated rings. The van der Waals surface area contributed by atoms with Gasteiger partial charge in [0.05, 0.1) is 11.0 Å². The molecule has 0 aliphatic carbocycles. The lowest BCUT2D eigenvalue weighted by molar-refractivity contribution is 0.667. The first-order chi connectivity index (χ1) is 9.22. The van der Waals surface area contributed by atoms with Crippen LogP contribution in [0.3, 0.4) is 0 Å². The molecule has 2 aromatic rings. The van der Waals surface area contributed by atoms with Crippen molar-refractivity contribution in [2.45, 2.75) is 18.9 Å². The van der Waals surface area contributed by atoms with E-state index in [9.17, 15) is 9.59 Å². The lowest BCUT2D eigenvalue weighted by atomic mass is 10.1. The fourth-order valence-electron chi connectivity index (χ4n) is 2.28. The highest BCUT2D eigenvalue weighted by molar-refractivity contribution is 7.99. The maximum atomic E-state index is 11.3. The molecular formula is C13H15N3O2S. The Morgan fingerprint density at radius 3 is 2.47 bits per heavy atom. The molecule has 0 bridgehead atoms. The van der Waals surface area contributed by atoms with Crippen LogP contribution in [0.5, 0.6) is 0 Å². The zero-order valence-electron chi connectivity index (χ0n) is 10.4. The van der Waals surface area contributed by atoms with Crippen LogP contribution in [0.25, 0.3) is 11.0 Å². The minimum Gasteiger partial charge on any atom is -0.382 e. The van der Waals surface area contributed by atoms with Crippen molar-refractivity contribution in [3.05, 3.63) is 38.9 Å². The first-order valence-electron chi connectivity index (χ1n) is 6.33. The van der Waals surface area contributed by atoms with Gasteiger partial charge in [0.2, 0.25) is 0 Å². The highest BCUT2D eigenvalue weighted by Gasteiger charge is 2.13. The zero-order chi connectivity index (χ0) is 13.2. The average molecular weight is 277 g/mol. The number of hydrogen-bond acceptors (Lipinski definition) is 4. The van der Waals surface area contributed by atoms with Crippen LogP contribution in [0.4, 0.5) is 5.69 Å². The third kappa shape index (κ3) is 2.68. The number of anilines is 1. The summed E-state index contributed by atoms with van der Waals surface area (Å²) in [7, 11) is 0. The second kappa shape index (κ2) is 5.13. The van der Waals surface area contributed by atoms with E-state index in [1.807, 2.05) is 30.0 Å². The van der Waals surface area contributed by atoms with E-state index in [2.05, 4.69) is 15.3 Å². The summed E-state index contributed by atoms with van der Waals surface area (Å²) in [5.41, 5.74) is 1.05. The number of thioether (sulfide) groups is 1. The van der Waals surface area contributed by atoms with Crippen LogP contribution in [-0.4, -0.2) is 27.5 Å². The quantitative estimate of drug-likeness (QED) is 0.727. The lowest BCUT2D eigenvalue weighted by Crippen LogP contribution is -2.29. The van der Waals surface area contributed by atoms with E-state index in [1.54, 1.807) is 0 Å². The summed E-state index contributed by atoms with van der Waals surface area (Å²) in [6.45, 7) is 0. The molecule has 0 radical (unpaired) electrons. The summed E-state index contributed by atoms with van der Waals surface area (Å²) >= 11 is 1.99. The van der Waals surface area contributed by atoms with Gasteiger partial charge in [0.15, 0.2) is 0 Å². The molecule has 19 heavy (non-hydrogen) atoms. The molecule has 3 rings (SSSR count). The van der Waals surface area contributed by atoms with Gasteiger partial charge in [-0.2, -0.15) is 11.8 Å². The predicted octanol–water partition coefficient (Wildman–Crippen LogP) is 1.52. The van der Waals surface area contributed by atoms with E-state index in [4.69, 9.17) is 0 Å². The zero-order valence-corrected chi connectivity index (χ0v) is 11.2. The van der Waals surface area contributed by atoms with Crippen molar-refractivity contribution in [2.24, 2.45) is 0 Å². The van der Waals surface area contributed by atoms with Gasteiger partial charge in [-0.3, -0.25) is 9.59 Å². The van der Waals surface area contributed by atoms with Gasteiger partial charge in [-0.05, 0) is 42.5 Å². The molecule has 2 heterocycles. The van der Waals surface area contributed by atoms with E-state index in [1.165, 1.54) is 11.5 Å². The number of rotatable bonds is 2. The molecule has 1 aromatic carbocycles. The molecule has 0 spiro atoms. The molecule has 6 heteroatoms. The van der Waals surface area contributed by atoms with Gasteiger partial charge >= 0.3 is 11.1 Å². The standard InChI is InChI=1S/C13H15N3O2S/c17-12-13(18)16-11-7-9(1-2-10(11)15-12)14-8-3-5-19-6-4-8/h1-2,7-8,14H,3-6H2,(H,15,17)(H,16,18). The van der Waals surface area contributed by atoms with Gasteiger partial charge in [0, 0.05) is 11.7 Å². The summed E-state index contributed by atoms with van der Waals surface area (Å²) in [6.07, 6.45) is 2.32. The average Bonchev–Trinajstić information content (AvgIpc) is 2.42. The first-order valence-corrected chi connectivity index (χ1v) is 7.48. The highest BCUT2D eigenvalue weighted by atomic mass is 32.2. The van der Waals surface area contributed by atoms with Crippen LogP contribution in [0.1, 0.15) is 12.8 Å². The molecular weight excluding hydrogens is 262 g/mol. The Bertz CT molecular complexity index is 701. The van der Waals surface area contributed by atoms with E-state index in [0.29, 0.717) is 17.1 Å². The van der Waals surface area contributed by atoms with Crippen molar-refractivity contribution < 1.29 is 0 Å². The number of nitrogens with one attached hydrogen (secondary N) is 3. The summed E-state index contributed by atoms with van der Waals surface area (Å²) in [6, 6.07) is 6.10. The summed E-state index contributed by atoms with van der Waals surface area (Å²) in [4.78, 5) is 27.7. The molecule has 0 saturated carbocycles. The Morgan fingerprint density at radius 2 is 1.74 bits per heavy atom. The van der Waals surface area contributed by atoms with Crippen molar-refractivity contribution in [1.29, 1.82) is 0 Å². The van der Waals surface area contributed by atoms with Crippen LogP contribution in [-0.2, 0) is 0 Å². The van der Waals surface area contributed by atoms with Crippen LogP contribution in [0.15, 0.2) is 27.8 Å². The third-order valence-electron chi connectivity index (χ3n) is 3.31. The van der Waals surface area contributed by atoms with Crippen LogP contribution in [0, 0.1) is 0 Å². The largest absolute Gasteiger partial charge is 0.382 e. The third-order valence-corrected chi connectivity index (χ3v) is 4.36. The molecule has 0 amide bonds. The maximum Gasteiger partial charge on any atom is 0.314 e. The Balaban J connectivity index is 1.90. The molecule has 1 aliphatic heterocycles. The Hall–Kier alpha value is -1.69. The number of fused-ring (bicyclic) bond motifs is 1. The molecule has 100 valence electrons. The molecule has 5 nitrogen and oxygen atoms in total. The highest BCUT2D eigenvalue weighted by Crippen LogP contribution is 2.22. The van der Waals surface area contributed by atoms with E-state index in [-0.39, 0.29) is 0 Å². The predicted molar refractivity (Wildman–Crippen MR) is 79.2 cm³/mol. The Kier molecular flexibility index (Phi) is 3.33. The van der Waals surface area contributed by atoms with Gasteiger partial charge in [0.25, 0.3) is 0 Å². The molecule has 0 unspecified atom stereocenters. The molecule has 0 atom stereocenters. The Morgan fingerprint density at radius 1 is 1.05 bits per heavy atom. The Labute approximate surface area is 113 Å². The topological polar surface area (TPSA) is 77.8 Å². The first kappa shape index (κ1) is 12.3. The van der Waals surface area contributed by atoms with Crippen molar-refractivity contribution in [2.75, 3.05) is 16.8 Å². The summed E-state index contributed by atoms with van der Waals surface area (Å²) in [5.74, 6) is 2.38. The smallest absolute Gasteiger partial charge is 0.314 e. The fraction of sp³-hybridized carbons (Fsp3) is 0.385. The van der Waals surface area contributed by atoms with Gasteiger partial charge in [-0.25, -0.2) is 0 Å². The molecule has 3 N–H and O–H groups in total. The second-order valence-corrected chi connectivity index (χ2v) is 5.92. The second-order valence-electron chi connectivity index (χ2n) is 4.70. The molecule has 1 aromatic heterocycles. The summed E-state index contributed by atoms with van der Waals surface area (Å²) in [5, 5.41) is 3.48. The van der Waals surface area contributed by atoms with E-state index >= 15 is 0 Å². The number of aromatic nitrogens is 2. The minimum atomic E-state index is -0.613. The minimum absolute atomic E-state index is 0.494. The van der Waals surface area contributed by atoms with Gasteiger partial charge < -0.3 is 15.3 Å². The SMILES string of the molecule is O=c1[nH]c2ccc(NC3CCSCC3)cc2[nH]c1=O. The van der Waals surface area contributed by atoms with E-state index < -0.39 is 11.1 Å². The number of H-pyrrole nitrogens is 2. The van der Waals surface area contributed by atoms with Gasteiger partial charge in [-0.1, -0.05) is 0 Å².